The second-order valence-electron chi connectivity index (χ2n) is 8.02. The van der Waals surface area contributed by atoms with E-state index in [0.717, 1.165) is 18.4 Å². The predicted octanol–water partition coefficient (Wildman–Crippen LogP) is 6.20. The van der Waals surface area contributed by atoms with Crippen LogP contribution in [0.5, 0.6) is 0 Å². The van der Waals surface area contributed by atoms with E-state index >= 15 is 0 Å². The summed E-state index contributed by atoms with van der Waals surface area (Å²) in [6.45, 7) is 12.8. The first-order chi connectivity index (χ1) is 12.0. The third kappa shape index (κ3) is 7.83. The Morgan fingerprint density at radius 3 is 2.24 bits per heavy atom. The van der Waals surface area contributed by atoms with Crippen molar-refractivity contribution in [2.75, 3.05) is 0 Å². The maximum atomic E-state index is 12.7. The van der Waals surface area contributed by atoms with Crippen molar-refractivity contribution in [2.24, 2.45) is 11.8 Å². The molecule has 0 aliphatic heterocycles. The molecule has 0 aromatic heterocycles. The van der Waals surface area contributed by atoms with E-state index in [9.17, 15) is 4.79 Å². The number of nitrogens with one attached hydrogen (secondary N) is 2. The van der Waals surface area contributed by atoms with Gasteiger partial charge in [-0.2, -0.15) is 0 Å². The molecule has 0 bridgehead atoms. The van der Waals surface area contributed by atoms with Crippen molar-refractivity contribution < 1.29 is 4.79 Å². The van der Waals surface area contributed by atoms with Crippen LogP contribution < -0.4 is 10.6 Å². The Morgan fingerprint density at radius 2 is 1.72 bits per heavy atom. The van der Waals surface area contributed by atoms with E-state index in [4.69, 9.17) is 0 Å². The molecule has 1 saturated carbocycles. The van der Waals surface area contributed by atoms with Crippen LogP contribution in [-0.4, -0.2) is 18.1 Å². The lowest BCUT2D eigenvalue weighted by Crippen LogP contribution is -2.50. The summed E-state index contributed by atoms with van der Waals surface area (Å²) in [7, 11) is 0. The second-order valence-corrected chi connectivity index (χ2v) is 8.02. The Morgan fingerprint density at radius 1 is 1.04 bits per heavy atom. The topological polar surface area (TPSA) is 41.1 Å². The maximum Gasteiger partial charge on any atom is 0.315 e. The summed E-state index contributed by atoms with van der Waals surface area (Å²) in [5.41, 5.74) is 1.07. The Hall–Kier alpha value is -0.990. The number of rotatable bonds is 11. The van der Waals surface area contributed by atoms with E-state index in [-0.39, 0.29) is 12.1 Å². The molecule has 1 rings (SSSR count). The first-order valence-corrected chi connectivity index (χ1v) is 10.8. The van der Waals surface area contributed by atoms with Gasteiger partial charge in [-0.1, -0.05) is 77.9 Å². The standard InChI is InChI=1S/C22H42N2O/c1-6-9-11-14-18(7-2)21(17(4)5)24-22(25)23-20(8-3)19-15-12-10-13-16-19/h18-21H,4,6-16H2,1-3,5H3,(H2,23,24,25). The smallest absolute Gasteiger partial charge is 0.315 e. The molecule has 25 heavy (non-hydrogen) atoms. The van der Waals surface area contributed by atoms with Crippen molar-refractivity contribution in [1.82, 2.24) is 10.6 Å². The van der Waals surface area contributed by atoms with Gasteiger partial charge in [0.1, 0.15) is 0 Å². The summed E-state index contributed by atoms with van der Waals surface area (Å²) in [4.78, 5) is 12.7. The largest absolute Gasteiger partial charge is 0.335 e. The van der Waals surface area contributed by atoms with Crippen LogP contribution in [0, 0.1) is 11.8 Å². The second kappa shape index (κ2) is 12.4. The van der Waals surface area contributed by atoms with Gasteiger partial charge < -0.3 is 10.6 Å². The quantitative estimate of drug-likeness (QED) is 0.338. The third-order valence-corrected chi connectivity index (χ3v) is 5.97. The Balaban J connectivity index is 2.59. The number of carbonyl (C=O) groups excluding carboxylic acids is 1. The van der Waals surface area contributed by atoms with Crippen molar-refractivity contribution >= 4 is 6.03 Å². The highest BCUT2D eigenvalue weighted by Crippen LogP contribution is 2.28. The van der Waals surface area contributed by atoms with Crippen molar-refractivity contribution in [1.29, 1.82) is 0 Å². The van der Waals surface area contributed by atoms with Crippen LogP contribution >= 0.6 is 0 Å². The molecule has 0 aromatic rings. The number of unbranched alkanes of at least 4 members (excludes halogenated alkanes) is 2. The molecule has 1 aliphatic carbocycles. The van der Waals surface area contributed by atoms with Crippen molar-refractivity contribution in [3.8, 4) is 0 Å². The maximum absolute atomic E-state index is 12.7. The molecule has 0 spiro atoms. The molecule has 0 heterocycles. The molecule has 0 radical (unpaired) electrons. The molecule has 3 atom stereocenters. The summed E-state index contributed by atoms with van der Waals surface area (Å²) in [6, 6.07) is 0.399. The SMILES string of the molecule is C=C(C)C(NC(=O)NC(CC)C1CCCCC1)C(CC)CCCCC. The average Bonchev–Trinajstić information content (AvgIpc) is 2.62. The first-order valence-electron chi connectivity index (χ1n) is 10.8. The van der Waals surface area contributed by atoms with Crippen molar-refractivity contribution in [2.45, 2.75) is 110 Å². The van der Waals surface area contributed by atoms with Crippen LogP contribution in [0.2, 0.25) is 0 Å². The van der Waals surface area contributed by atoms with Gasteiger partial charge in [-0.05, 0) is 44.4 Å². The minimum Gasteiger partial charge on any atom is -0.335 e. The molecule has 1 aliphatic rings. The van der Waals surface area contributed by atoms with E-state index in [1.165, 1.54) is 57.8 Å². The summed E-state index contributed by atoms with van der Waals surface area (Å²) in [5, 5.41) is 6.53. The number of hydrogen-bond acceptors (Lipinski definition) is 1. The molecule has 2 N–H and O–H groups in total. The van der Waals surface area contributed by atoms with E-state index in [1.807, 2.05) is 6.92 Å². The van der Waals surface area contributed by atoms with E-state index in [0.29, 0.717) is 17.9 Å². The highest BCUT2D eigenvalue weighted by molar-refractivity contribution is 5.75. The third-order valence-electron chi connectivity index (χ3n) is 5.97. The number of carbonyl (C=O) groups is 1. The average molecular weight is 351 g/mol. The van der Waals surface area contributed by atoms with E-state index in [1.54, 1.807) is 0 Å². The van der Waals surface area contributed by atoms with Gasteiger partial charge >= 0.3 is 6.03 Å². The van der Waals surface area contributed by atoms with Crippen LogP contribution in [0.25, 0.3) is 0 Å². The molecule has 1 fully saturated rings. The monoisotopic (exact) mass is 350 g/mol. The zero-order valence-corrected chi connectivity index (χ0v) is 17.2. The number of amides is 2. The molecule has 3 unspecified atom stereocenters. The molecule has 2 amide bonds. The van der Waals surface area contributed by atoms with Crippen LogP contribution in [0.4, 0.5) is 4.79 Å². The lowest BCUT2D eigenvalue weighted by atomic mass is 9.83. The molecule has 3 heteroatoms. The first kappa shape index (κ1) is 22.1. The van der Waals surface area contributed by atoms with Gasteiger partial charge in [-0.3, -0.25) is 0 Å². The molecule has 0 aromatic carbocycles. The van der Waals surface area contributed by atoms with Gasteiger partial charge in [-0.15, -0.1) is 0 Å². The number of hydrogen-bond donors (Lipinski definition) is 2. The highest BCUT2D eigenvalue weighted by atomic mass is 16.2. The van der Waals surface area contributed by atoms with Gasteiger partial charge in [0.2, 0.25) is 0 Å². The molecule has 146 valence electrons. The van der Waals surface area contributed by atoms with Gasteiger partial charge in [0.25, 0.3) is 0 Å². The molecular weight excluding hydrogens is 308 g/mol. The van der Waals surface area contributed by atoms with E-state index in [2.05, 4.69) is 38.0 Å². The van der Waals surface area contributed by atoms with Gasteiger partial charge in [0.15, 0.2) is 0 Å². The lowest BCUT2D eigenvalue weighted by Gasteiger charge is -2.32. The molecule has 0 saturated heterocycles. The van der Waals surface area contributed by atoms with Crippen LogP contribution in [0.15, 0.2) is 12.2 Å². The van der Waals surface area contributed by atoms with E-state index < -0.39 is 0 Å². The minimum atomic E-state index is -0.000588. The fourth-order valence-electron chi connectivity index (χ4n) is 4.35. The molecule has 3 nitrogen and oxygen atoms in total. The minimum absolute atomic E-state index is 0.000588. The summed E-state index contributed by atoms with van der Waals surface area (Å²) < 4.78 is 0. The fraction of sp³-hybridized carbons (Fsp3) is 0.864. The molecular formula is C22H42N2O. The predicted molar refractivity (Wildman–Crippen MR) is 109 cm³/mol. The van der Waals surface area contributed by atoms with Gasteiger partial charge in [0, 0.05) is 6.04 Å². The normalized spacial score (nSPS) is 19.0. The Kier molecular flexibility index (Phi) is 10.9. The summed E-state index contributed by atoms with van der Waals surface area (Å²) in [5.74, 6) is 1.14. The lowest BCUT2D eigenvalue weighted by molar-refractivity contribution is 0.212. The van der Waals surface area contributed by atoms with Crippen LogP contribution in [-0.2, 0) is 0 Å². The summed E-state index contributed by atoms with van der Waals surface area (Å²) in [6.07, 6.45) is 13.5. The van der Waals surface area contributed by atoms with Gasteiger partial charge in [0.05, 0.1) is 6.04 Å². The zero-order valence-electron chi connectivity index (χ0n) is 17.2. The van der Waals surface area contributed by atoms with Crippen LogP contribution in [0.1, 0.15) is 98.3 Å². The Labute approximate surface area is 156 Å². The highest BCUT2D eigenvalue weighted by Gasteiger charge is 2.26. The van der Waals surface area contributed by atoms with Gasteiger partial charge in [-0.25, -0.2) is 4.79 Å². The Bertz CT molecular complexity index is 387. The van der Waals surface area contributed by atoms with Crippen molar-refractivity contribution in [3.63, 3.8) is 0 Å². The summed E-state index contributed by atoms with van der Waals surface area (Å²) >= 11 is 0. The number of urea groups is 1. The fourth-order valence-corrected chi connectivity index (χ4v) is 4.35. The van der Waals surface area contributed by atoms with Crippen molar-refractivity contribution in [3.05, 3.63) is 12.2 Å². The van der Waals surface area contributed by atoms with Crippen LogP contribution in [0.3, 0.4) is 0 Å². The zero-order chi connectivity index (χ0) is 18.7.